The first kappa shape index (κ1) is 19.0. The number of nitro groups is 2. The van der Waals surface area contributed by atoms with Crippen molar-refractivity contribution in [1.29, 1.82) is 0 Å². The number of rotatable bonds is 8. The minimum absolute atomic E-state index is 0.0584. The van der Waals surface area contributed by atoms with Crippen molar-refractivity contribution in [2.24, 2.45) is 5.10 Å². The molecule has 0 unspecified atom stereocenters. The summed E-state index contributed by atoms with van der Waals surface area (Å²) in [7, 11) is 0. The molecule has 10 heteroatoms. The summed E-state index contributed by atoms with van der Waals surface area (Å²) in [5.41, 5.74) is 3.68. The van der Waals surface area contributed by atoms with Crippen LogP contribution in [-0.2, 0) is 6.54 Å². The minimum atomic E-state index is -0.693. The van der Waals surface area contributed by atoms with E-state index in [1.165, 1.54) is 18.3 Å². The highest BCUT2D eigenvalue weighted by molar-refractivity contribution is 5.85. The zero-order chi connectivity index (χ0) is 20.1. The van der Waals surface area contributed by atoms with E-state index in [2.05, 4.69) is 22.4 Å². The standard InChI is InChI=1S/C18H18N6O4/c1-2-3-10-22-16-7-5-4-6-14(16)20-18(22)12-19-21-15-9-8-13(23(25)26)11-17(15)24(27)28/h4-9,11-12,21H,2-3,10H2,1H3/b19-12-. The average molecular weight is 382 g/mol. The molecule has 0 fully saturated rings. The van der Waals surface area contributed by atoms with E-state index >= 15 is 0 Å². The number of non-ortho nitro benzene ring substituents is 1. The summed E-state index contributed by atoms with van der Waals surface area (Å²) in [6.07, 6.45) is 3.49. The van der Waals surface area contributed by atoms with Gasteiger partial charge in [-0.15, -0.1) is 0 Å². The SMILES string of the molecule is CCCCn1c(/C=N\Nc2ccc([N+](=O)[O-])cc2[N+](=O)[O-])nc2ccccc21. The Hall–Kier alpha value is -3.82. The number of benzene rings is 2. The lowest BCUT2D eigenvalue weighted by atomic mass is 10.2. The number of unbranched alkanes of at least 4 members (excludes halogenated alkanes) is 1. The van der Waals surface area contributed by atoms with Crippen molar-refractivity contribution in [3.05, 3.63) is 68.5 Å². The molecule has 1 heterocycles. The maximum atomic E-state index is 11.2. The van der Waals surface area contributed by atoms with Gasteiger partial charge in [-0.05, 0) is 24.6 Å². The third-order valence-corrected chi connectivity index (χ3v) is 4.17. The van der Waals surface area contributed by atoms with Gasteiger partial charge < -0.3 is 4.57 Å². The van der Waals surface area contributed by atoms with Crippen LogP contribution in [0, 0.1) is 20.2 Å². The molecular weight excluding hydrogens is 364 g/mol. The van der Waals surface area contributed by atoms with Gasteiger partial charge in [-0.25, -0.2) is 4.98 Å². The van der Waals surface area contributed by atoms with Crippen molar-refractivity contribution in [3.8, 4) is 0 Å². The van der Waals surface area contributed by atoms with Gasteiger partial charge in [-0.2, -0.15) is 5.10 Å². The molecule has 10 nitrogen and oxygen atoms in total. The second-order valence-corrected chi connectivity index (χ2v) is 6.05. The molecule has 0 aliphatic heterocycles. The highest BCUT2D eigenvalue weighted by Gasteiger charge is 2.19. The average Bonchev–Trinajstić information content (AvgIpc) is 3.03. The molecule has 1 aromatic heterocycles. The quantitative estimate of drug-likeness (QED) is 0.355. The van der Waals surface area contributed by atoms with E-state index in [-0.39, 0.29) is 11.4 Å². The maximum Gasteiger partial charge on any atom is 0.301 e. The van der Waals surface area contributed by atoms with Crippen LogP contribution in [0.4, 0.5) is 17.1 Å². The van der Waals surface area contributed by atoms with E-state index in [4.69, 9.17) is 0 Å². The largest absolute Gasteiger partial charge is 0.323 e. The smallest absolute Gasteiger partial charge is 0.301 e. The Balaban J connectivity index is 1.89. The number of fused-ring (bicyclic) bond motifs is 1. The first-order chi connectivity index (χ1) is 13.5. The fraction of sp³-hybridized carbons (Fsp3) is 0.222. The van der Waals surface area contributed by atoms with Crippen LogP contribution in [0.1, 0.15) is 25.6 Å². The summed E-state index contributed by atoms with van der Waals surface area (Å²) in [6.45, 7) is 2.87. The van der Waals surface area contributed by atoms with Gasteiger partial charge >= 0.3 is 5.69 Å². The van der Waals surface area contributed by atoms with Gasteiger partial charge in [0, 0.05) is 12.6 Å². The van der Waals surface area contributed by atoms with Gasteiger partial charge in [0.2, 0.25) is 0 Å². The van der Waals surface area contributed by atoms with Crippen LogP contribution < -0.4 is 5.43 Å². The van der Waals surface area contributed by atoms with Crippen molar-refractivity contribution in [2.75, 3.05) is 5.43 Å². The van der Waals surface area contributed by atoms with E-state index < -0.39 is 15.5 Å². The van der Waals surface area contributed by atoms with Crippen molar-refractivity contribution in [3.63, 3.8) is 0 Å². The molecule has 0 atom stereocenters. The van der Waals surface area contributed by atoms with Crippen LogP contribution in [-0.4, -0.2) is 25.6 Å². The Morgan fingerprint density at radius 3 is 2.68 bits per heavy atom. The number of nitrogens with zero attached hydrogens (tertiary/aromatic N) is 5. The molecule has 0 aliphatic rings. The molecule has 3 aromatic rings. The van der Waals surface area contributed by atoms with Gasteiger partial charge in [0.1, 0.15) is 5.69 Å². The zero-order valence-electron chi connectivity index (χ0n) is 15.1. The lowest BCUT2D eigenvalue weighted by Gasteiger charge is -2.06. The summed E-state index contributed by atoms with van der Waals surface area (Å²) in [4.78, 5) is 25.2. The van der Waals surface area contributed by atoms with Crippen LogP contribution in [0.5, 0.6) is 0 Å². The molecule has 2 aromatic carbocycles. The lowest BCUT2D eigenvalue weighted by Crippen LogP contribution is -2.04. The highest BCUT2D eigenvalue weighted by Crippen LogP contribution is 2.28. The van der Waals surface area contributed by atoms with Crippen LogP contribution in [0.2, 0.25) is 0 Å². The minimum Gasteiger partial charge on any atom is -0.323 e. The predicted molar refractivity (Wildman–Crippen MR) is 106 cm³/mol. The number of para-hydroxylation sites is 2. The fourth-order valence-electron chi connectivity index (χ4n) is 2.78. The molecule has 28 heavy (non-hydrogen) atoms. The molecular formula is C18H18N6O4. The molecule has 0 saturated heterocycles. The summed E-state index contributed by atoms with van der Waals surface area (Å²) in [5.74, 6) is 0.617. The lowest BCUT2D eigenvalue weighted by molar-refractivity contribution is -0.393. The number of hydrazone groups is 1. The van der Waals surface area contributed by atoms with E-state index in [0.717, 1.165) is 36.5 Å². The number of hydrogen-bond acceptors (Lipinski definition) is 7. The number of nitro benzene ring substituents is 2. The Bertz CT molecular complexity index is 1060. The van der Waals surface area contributed by atoms with Crippen LogP contribution in [0.3, 0.4) is 0 Å². The number of nitrogens with one attached hydrogen (secondary N) is 1. The van der Waals surface area contributed by atoms with Gasteiger partial charge in [0.15, 0.2) is 5.82 Å². The maximum absolute atomic E-state index is 11.2. The molecule has 0 saturated carbocycles. The fourth-order valence-corrected chi connectivity index (χ4v) is 2.78. The summed E-state index contributed by atoms with van der Waals surface area (Å²) in [6, 6.07) is 11.1. The molecule has 0 spiro atoms. The first-order valence-corrected chi connectivity index (χ1v) is 8.68. The molecule has 144 valence electrons. The van der Waals surface area contributed by atoms with Gasteiger partial charge in [-0.1, -0.05) is 25.5 Å². The van der Waals surface area contributed by atoms with Crippen molar-refractivity contribution >= 4 is 34.3 Å². The first-order valence-electron chi connectivity index (χ1n) is 8.68. The molecule has 0 amide bonds. The molecule has 0 radical (unpaired) electrons. The number of aromatic nitrogens is 2. The zero-order valence-corrected chi connectivity index (χ0v) is 15.1. The second-order valence-electron chi connectivity index (χ2n) is 6.05. The molecule has 0 aliphatic carbocycles. The highest BCUT2D eigenvalue weighted by atomic mass is 16.6. The predicted octanol–water partition coefficient (Wildman–Crippen LogP) is 4.10. The van der Waals surface area contributed by atoms with E-state index in [9.17, 15) is 20.2 Å². The van der Waals surface area contributed by atoms with E-state index in [0.29, 0.717) is 5.82 Å². The molecule has 3 rings (SSSR count). The third-order valence-electron chi connectivity index (χ3n) is 4.17. The van der Waals surface area contributed by atoms with Gasteiger partial charge in [0.25, 0.3) is 5.69 Å². The topological polar surface area (TPSA) is 128 Å². The van der Waals surface area contributed by atoms with Crippen molar-refractivity contribution in [2.45, 2.75) is 26.3 Å². The Morgan fingerprint density at radius 2 is 1.96 bits per heavy atom. The van der Waals surface area contributed by atoms with Crippen LogP contribution in [0.15, 0.2) is 47.6 Å². The monoisotopic (exact) mass is 382 g/mol. The Labute approximate surface area is 159 Å². The number of aryl methyl sites for hydroxylation is 1. The van der Waals surface area contributed by atoms with Crippen molar-refractivity contribution < 1.29 is 9.85 Å². The van der Waals surface area contributed by atoms with Crippen molar-refractivity contribution in [1.82, 2.24) is 9.55 Å². The summed E-state index contributed by atoms with van der Waals surface area (Å²) in [5, 5.41) is 26.1. The second kappa shape index (κ2) is 8.25. The third kappa shape index (κ3) is 3.95. The molecule has 0 bridgehead atoms. The van der Waals surface area contributed by atoms with Gasteiger partial charge in [0.05, 0.1) is 33.2 Å². The Kier molecular flexibility index (Phi) is 5.58. The van der Waals surface area contributed by atoms with Gasteiger partial charge in [-0.3, -0.25) is 25.7 Å². The number of hydrogen-bond donors (Lipinski definition) is 1. The Morgan fingerprint density at radius 1 is 1.18 bits per heavy atom. The summed E-state index contributed by atoms with van der Waals surface area (Å²) < 4.78 is 2.04. The number of imidazole rings is 1. The molecule has 1 N–H and O–H groups in total. The van der Waals surface area contributed by atoms with Crippen LogP contribution in [0.25, 0.3) is 11.0 Å². The van der Waals surface area contributed by atoms with E-state index in [1.54, 1.807) is 0 Å². The number of anilines is 1. The van der Waals surface area contributed by atoms with Crippen LogP contribution >= 0.6 is 0 Å². The van der Waals surface area contributed by atoms with E-state index in [1.807, 2.05) is 28.8 Å². The normalized spacial score (nSPS) is 11.2. The summed E-state index contributed by atoms with van der Waals surface area (Å²) >= 11 is 0.